The van der Waals surface area contributed by atoms with Gasteiger partial charge >= 0.3 is 47.8 Å². The molecule has 0 radical (unpaired) electrons. The molecule has 10 atom stereocenters. The molecule has 2 saturated heterocycles. The Labute approximate surface area is 343 Å². The molecule has 0 amide bonds. The maximum absolute atomic E-state index is 12.4. The zero-order valence-corrected chi connectivity index (χ0v) is 34.0. The predicted octanol–water partition coefficient (Wildman–Crippen LogP) is 2.28. The lowest BCUT2D eigenvalue weighted by atomic mass is 9.97. The molecule has 0 aliphatic carbocycles. The van der Waals surface area contributed by atoms with Crippen LogP contribution in [-0.2, 0) is 85.7 Å². The summed E-state index contributed by atoms with van der Waals surface area (Å²) in [5.41, 5.74) is 0.623. The Morgan fingerprint density at radius 1 is 0.400 bits per heavy atom. The van der Waals surface area contributed by atoms with Gasteiger partial charge in [-0.1, -0.05) is 36.4 Å². The second-order valence-corrected chi connectivity index (χ2v) is 13.4. The van der Waals surface area contributed by atoms with E-state index >= 15 is 0 Å². The zero-order chi connectivity index (χ0) is 44.3. The molecule has 0 saturated carbocycles. The van der Waals surface area contributed by atoms with Gasteiger partial charge in [0.15, 0.2) is 24.4 Å². The van der Waals surface area contributed by atoms with Crippen LogP contribution >= 0.6 is 0 Å². The molecule has 2 aromatic carbocycles. The number of carbonyl (C=O) groups excluding carboxylic acids is 8. The molecule has 2 heterocycles. The number of para-hydroxylation sites is 2. The predicted molar refractivity (Wildman–Crippen MR) is 197 cm³/mol. The van der Waals surface area contributed by atoms with E-state index in [9.17, 15) is 38.4 Å². The molecule has 0 N–H and O–H groups in total. The van der Waals surface area contributed by atoms with Crippen LogP contribution in [0, 0.1) is 0 Å². The number of hydrogen-bond acceptors (Lipinski definition) is 20. The highest BCUT2D eigenvalue weighted by molar-refractivity contribution is 5.76. The van der Waals surface area contributed by atoms with E-state index in [0.29, 0.717) is 11.1 Å². The van der Waals surface area contributed by atoms with E-state index in [0.717, 1.165) is 55.4 Å². The average molecular weight is 847 g/mol. The first kappa shape index (κ1) is 46.4. The van der Waals surface area contributed by atoms with Crippen LogP contribution in [0.2, 0.25) is 0 Å². The third-order valence-corrected chi connectivity index (χ3v) is 8.45. The summed E-state index contributed by atoms with van der Waals surface area (Å²) in [4.78, 5) is 97.7. The van der Waals surface area contributed by atoms with Gasteiger partial charge in [0.05, 0.1) is 0 Å². The standard InChI is InChI=1S/C40H46O20/c1-19(41)49-17-31-33(51-21(3)43)35(53-23(5)45)37(55-25(7)47)39(59-31)57-29-15-11-9-13-27(29)28-14-10-12-16-30(28)58-40-38(56-26(8)48)36(54-24(6)46)34(52-22(4)44)32(60-40)18-50-20(2)42/h9-16,31-40H,17-18H2,1-8H3/t31-,32-,33-,34-,35+,36+,37-,38-,39+,40+/m1/s1. The molecule has 2 fully saturated rings. The molecule has 2 aromatic rings. The SMILES string of the molecule is CC(=O)OC[C@H]1O[C@H](Oc2ccccc2-c2ccccc2O[C@H]2O[C@H](COC(C)=O)[C@@H](OC(C)=O)[C@H](OC(C)=O)[C@H]2OC(C)=O)[C@H](OC(C)=O)[C@@H](OC(C)=O)[C@@H]1OC(C)=O. The second-order valence-electron chi connectivity index (χ2n) is 13.4. The summed E-state index contributed by atoms with van der Waals surface area (Å²) in [6.07, 6.45) is -14.8. The van der Waals surface area contributed by atoms with Crippen LogP contribution in [0.25, 0.3) is 11.1 Å². The van der Waals surface area contributed by atoms with Crippen LogP contribution in [0.1, 0.15) is 55.4 Å². The maximum Gasteiger partial charge on any atom is 0.303 e. The van der Waals surface area contributed by atoms with E-state index in [-0.39, 0.29) is 11.5 Å². The number of ether oxygens (including phenoxy) is 12. The van der Waals surface area contributed by atoms with Crippen molar-refractivity contribution in [2.24, 2.45) is 0 Å². The number of esters is 8. The average Bonchev–Trinajstić information content (AvgIpc) is 3.14. The summed E-state index contributed by atoms with van der Waals surface area (Å²) in [6.45, 7) is 7.81. The van der Waals surface area contributed by atoms with Gasteiger partial charge in [0.1, 0.15) is 36.9 Å². The Balaban J connectivity index is 1.80. The summed E-state index contributed by atoms with van der Waals surface area (Å²) in [5.74, 6) is -6.26. The lowest BCUT2D eigenvalue weighted by Gasteiger charge is -2.44. The molecule has 0 bridgehead atoms. The molecule has 4 rings (SSSR count). The molecule has 0 spiro atoms. The lowest BCUT2D eigenvalue weighted by Crippen LogP contribution is -2.63. The number of rotatable bonds is 15. The summed E-state index contributed by atoms with van der Waals surface area (Å²) >= 11 is 0. The van der Waals surface area contributed by atoms with Gasteiger partial charge in [0.2, 0.25) is 24.8 Å². The fourth-order valence-electron chi connectivity index (χ4n) is 6.40. The molecule has 2 aliphatic rings. The van der Waals surface area contributed by atoms with Crippen LogP contribution in [0.15, 0.2) is 48.5 Å². The smallest absolute Gasteiger partial charge is 0.303 e. The molecular weight excluding hydrogens is 800 g/mol. The van der Waals surface area contributed by atoms with E-state index in [4.69, 9.17) is 56.8 Å². The first-order valence-electron chi connectivity index (χ1n) is 18.5. The molecule has 2 aliphatic heterocycles. The van der Waals surface area contributed by atoms with E-state index in [1.54, 1.807) is 36.4 Å². The largest absolute Gasteiger partial charge is 0.463 e. The van der Waals surface area contributed by atoms with Crippen LogP contribution in [0.3, 0.4) is 0 Å². The fraction of sp³-hybridized carbons (Fsp3) is 0.500. The summed E-state index contributed by atoms with van der Waals surface area (Å²) in [7, 11) is 0. The minimum atomic E-state index is -1.60. The van der Waals surface area contributed by atoms with Crippen molar-refractivity contribution in [3.8, 4) is 22.6 Å². The maximum atomic E-state index is 12.4. The van der Waals surface area contributed by atoms with Gasteiger partial charge in [0, 0.05) is 66.5 Å². The minimum Gasteiger partial charge on any atom is -0.463 e. The van der Waals surface area contributed by atoms with Gasteiger partial charge in [-0.05, 0) is 12.1 Å². The van der Waals surface area contributed by atoms with Crippen molar-refractivity contribution in [1.82, 2.24) is 0 Å². The van der Waals surface area contributed by atoms with Gasteiger partial charge in [-0.15, -0.1) is 0 Å². The highest BCUT2D eigenvalue weighted by Gasteiger charge is 2.55. The van der Waals surface area contributed by atoms with E-state index in [1.165, 1.54) is 12.1 Å². The van der Waals surface area contributed by atoms with Crippen molar-refractivity contribution in [1.29, 1.82) is 0 Å². The van der Waals surface area contributed by atoms with Crippen molar-refractivity contribution in [3.63, 3.8) is 0 Å². The number of hydrogen-bond donors (Lipinski definition) is 0. The third kappa shape index (κ3) is 12.9. The summed E-state index contributed by atoms with van der Waals surface area (Å²) in [6, 6.07) is 12.8. The first-order valence-corrected chi connectivity index (χ1v) is 18.5. The Morgan fingerprint density at radius 2 is 0.683 bits per heavy atom. The van der Waals surface area contributed by atoms with Gasteiger partial charge < -0.3 is 56.8 Å². The van der Waals surface area contributed by atoms with Gasteiger partial charge in [-0.25, -0.2) is 0 Å². The van der Waals surface area contributed by atoms with Crippen molar-refractivity contribution < 1.29 is 95.2 Å². The topological polar surface area (TPSA) is 247 Å². The Morgan fingerprint density at radius 3 is 0.983 bits per heavy atom. The molecular formula is C40H46O20. The Bertz CT molecular complexity index is 1770. The van der Waals surface area contributed by atoms with Crippen molar-refractivity contribution in [2.75, 3.05) is 13.2 Å². The highest BCUT2D eigenvalue weighted by atomic mass is 16.7. The van der Waals surface area contributed by atoms with Crippen LogP contribution in [0.4, 0.5) is 0 Å². The van der Waals surface area contributed by atoms with Crippen LogP contribution in [0.5, 0.6) is 11.5 Å². The highest BCUT2D eigenvalue weighted by Crippen LogP contribution is 2.40. The van der Waals surface area contributed by atoms with Gasteiger partial charge in [-0.3, -0.25) is 38.4 Å². The lowest BCUT2D eigenvalue weighted by molar-refractivity contribution is -0.288. The van der Waals surface area contributed by atoms with Crippen molar-refractivity contribution >= 4 is 47.8 Å². The molecule has 60 heavy (non-hydrogen) atoms. The minimum absolute atomic E-state index is 0.0657. The van der Waals surface area contributed by atoms with Crippen LogP contribution < -0.4 is 9.47 Å². The Kier molecular flexibility index (Phi) is 16.3. The van der Waals surface area contributed by atoms with E-state index in [2.05, 4.69) is 0 Å². The summed E-state index contributed by atoms with van der Waals surface area (Å²) < 4.78 is 68.5. The van der Waals surface area contributed by atoms with Crippen molar-refractivity contribution in [2.45, 2.75) is 117 Å². The molecule has 0 aromatic heterocycles. The Hall–Kier alpha value is -6.28. The van der Waals surface area contributed by atoms with E-state index < -0.39 is 122 Å². The normalized spacial score (nSPS) is 25.9. The molecule has 0 unspecified atom stereocenters. The van der Waals surface area contributed by atoms with Crippen LogP contribution in [-0.4, -0.2) is 122 Å². The fourth-order valence-corrected chi connectivity index (χ4v) is 6.40. The number of benzene rings is 2. The second kappa shape index (κ2) is 21.1. The van der Waals surface area contributed by atoms with Crippen molar-refractivity contribution in [3.05, 3.63) is 48.5 Å². The first-order chi connectivity index (χ1) is 28.3. The molecule has 20 heteroatoms. The molecule has 20 nitrogen and oxygen atoms in total. The van der Waals surface area contributed by atoms with Gasteiger partial charge in [0.25, 0.3) is 0 Å². The number of carbonyl (C=O) groups is 8. The monoisotopic (exact) mass is 846 g/mol. The third-order valence-electron chi connectivity index (χ3n) is 8.45. The molecule has 326 valence electrons. The van der Waals surface area contributed by atoms with E-state index in [1.807, 2.05) is 0 Å². The van der Waals surface area contributed by atoms with Gasteiger partial charge in [-0.2, -0.15) is 0 Å². The quantitative estimate of drug-likeness (QED) is 0.184. The summed E-state index contributed by atoms with van der Waals surface area (Å²) in [5, 5.41) is 0. The zero-order valence-electron chi connectivity index (χ0n) is 34.0.